The van der Waals surface area contributed by atoms with Crippen molar-refractivity contribution >= 4 is 12.4 Å². The van der Waals surface area contributed by atoms with Gasteiger partial charge in [0.2, 0.25) is 5.82 Å². The Bertz CT molecular complexity index is 810. The molecule has 0 spiro atoms. The fraction of sp³-hybridized carbons (Fsp3) is 0.312. The van der Waals surface area contributed by atoms with Gasteiger partial charge in [-0.2, -0.15) is 0 Å². The Hall–Kier alpha value is -2.30. The summed E-state index contributed by atoms with van der Waals surface area (Å²) >= 11 is 0. The summed E-state index contributed by atoms with van der Waals surface area (Å²) in [7, 11) is 0. The van der Waals surface area contributed by atoms with Gasteiger partial charge in [0.05, 0.1) is 25.0 Å². The number of nitrogens with one attached hydrogen (secondary N) is 1. The normalized spacial score (nSPS) is 14.5. The number of H-pyrrole nitrogens is 1. The summed E-state index contributed by atoms with van der Waals surface area (Å²) in [6, 6.07) is 9.79. The van der Waals surface area contributed by atoms with E-state index >= 15 is 0 Å². The number of nitrogens with zero attached hydrogens (tertiary/aromatic N) is 4. The van der Waals surface area contributed by atoms with Gasteiger partial charge in [-0.25, -0.2) is 14.6 Å². The molecule has 0 radical (unpaired) electrons. The van der Waals surface area contributed by atoms with Crippen molar-refractivity contribution in [2.75, 3.05) is 6.61 Å². The summed E-state index contributed by atoms with van der Waals surface area (Å²) in [5, 5.41) is 42.3. The largest absolute Gasteiger partial charge is 0.394 e. The molecular formula is C16H20ClN5O4. The molecule has 2 aromatic heterocycles. The number of hydrogen-bond acceptors (Lipinski definition) is 7. The summed E-state index contributed by atoms with van der Waals surface area (Å²) in [5.74, 6) is 0.665. The van der Waals surface area contributed by atoms with Gasteiger partial charge in [0, 0.05) is 0 Å². The van der Waals surface area contributed by atoms with Crippen molar-refractivity contribution < 1.29 is 20.4 Å². The maximum Gasteiger partial charge on any atom is 0.216 e. The smallest absolute Gasteiger partial charge is 0.216 e. The number of benzene rings is 1. The van der Waals surface area contributed by atoms with E-state index in [0.717, 1.165) is 5.56 Å². The zero-order valence-corrected chi connectivity index (χ0v) is 14.5. The molecule has 0 bridgehead atoms. The van der Waals surface area contributed by atoms with Gasteiger partial charge in [-0.3, -0.25) is 0 Å². The van der Waals surface area contributed by atoms with E-state index in [1.165, 1.54) is 6.20 Å². The lowest BCUT2D eigenvalue weighted by Gasteiger charge is -2.20. The van der Waals surface area contributed by atoms with E-state index in [1.54, 1.807) is 11.0 Å². The molecule has 26 heavy (non-hydrogen) atoms. The van der Waals surface area contributed by atoms with E-state index in [0.29, 0.717) is 18.2 Å². The summed E-state index contributed by atoms with van der Waals surface area (Å²) < 4.78 is 1.66. The zero-order valence-electron chi connectivity index (χ0n) is 13.7. The number of hydrogen-bond donors (Lipinski definition) is 5. The Morgan fingerprint density at radius 2 is 1.81 bits per heavy atom. The molecule has 0 saturated heterocycles. The second-order valence-electron chi connectivity index (χ2n) is 5.62. The molecule has 2 heterocycles. The van der Waals surface area contributed by atoms with Crippen molar-refractivity contribution in [3.05, 3.63) is 54.1 Å². The van der Waals surface area contributed by atoms with Crippen LogP contribution in [0.5, 0.6) is 0 Å². The first-order chi connectivity index (χ1) is 12.1. The zero-order chi connectivity index (χ0) is 17.8. The number of aliphatic hydroxyl groups excluding tert-OH is 4. The standard InChI is InChI=1S/C16H19N5O4.ClH/c22-8-12(23)14(25)13(24)11-6-17-15(19-11)16-18-9-21(20-16)7-10-4-2-1-3-5-10;/h1-6,9,12-14,22-25H,7-8H2,(H,17,19);1H/t12-,13-,14-;/m1./s1. The van der Waals surface area contributed by atoms with E-state index in [-0.39, 0.29) is 18.1 Å². The first-order valence-electron chi connectivity index (χ1n) is 7.72. The molecule has 3 atom stereocenters. The maximum atomic E-state index is 10.0. The molecule has 140 valence electrons. The average Bonchev–Trinajstić information content (AvgIpc) is 3.30. The summed E-state index contributed by atoms with van der Waals surface area (Å²) in [6.45, 7) is -0.101. The highest BCUT2D eigenvalue weighted by Gasteiger charge is 2.27. The van der Waals surface area contributed by atoms with E-state index < -0.39 is 24.9 Å². The van der Waals surface area contributed by atoms with Gasteiger partial charge in [-0.1, -0.05) is 30.3 Å². The number of rotatable bonds is 7. The highest BCUT2D eigenvalue weighted by atomic mass is 35.5. The molecule has 0 aliphatic rings. The molecular weight excluding hydrogens is 362 g/mol. The first-order valence-corrected chi connectivity index (χ1v) is 7.72. The Labute approximate surface area is 155 Å². The van der Waals surface area contributed by atoms with Crippen LogP contribution < -0.4 is 0 Å². The minimum atomic E-state index is -1.54. The summed E-state index contributed by atoms with van der Waals surface area (Å²) in [5.41, 5.74) is 1.27. The van der Waals surface area contributed by atoms with E-state index in [1.807, 2.05) is 30.3 Å². The number of aromatic nitrogens is 5. The molecule has 9 nitrogen and oxygen atoms in total. The van der Waals surface area contributed by atoms with Crippen LogP contribution in [0.2, 0.25) is 0 Å². The fourth-order valence-corrected chi connectivity index (χ4v) is 2.35. The number of aromatic amines is 1. The lowest BCUT2D eigenvalue weighted by molar-refractivity contribution is -0.0788. The van der Waals surface area contributed by atoms with Crippen LogP contribution >= 0.6 is 12.4 Å². The van der Waals surface area contributed by atoms with Gasteiger partial charge in [-0.05, 0) is 5.56 Å². The molecule has 1 aromatic carbocycles. The van der Waals surface area contributed by atoms with Crippen molar-refractivity contribution in [2.24, 2.45) is 0 Å². The second-order valence-corrected chi connectivity index (χ2v) is 5.62. The third-order valence-electron chi connectivity index (χ3n) is 3.75. The lowest BCUT2D eigenvalue weighted by atomic mass is 10.1. The third-order valence-corrected chi connectivity index (χ3v) is 3.75. The highest BCUT2D eigenvalue weighted by molar-refractivity contribution is 5.85. The second kappa shape index (κ2) is 8.88. The van der Waals surface area contributed by atoms with Gasteiger partial charge in [-0.15, -0.1) is 17.5 Å². The maximum absolute atomic E-state index is 10.0. The van der Waals surface area contributed by atoms with Crippen molar-refractivity contribution in [2.45, 2.75) is 24.9 Å². The van der Waals surface area contributed by atoms with E-state index in [2.05, 4.69) is 20.1 Å². The molecule has 0 aliphatic heterocycles. The average molecular weight is 382 g/mol. The molecule has 0 amide bonds. The van der Waals surface area contributed by atoms with Gasteiger partial charge in [0.25, 0.3) is 0 Å². The molecule has 10 heteroatoms. The molecule has 5 N–H and O–H groups in total. The molecule has 0 fully saturated rings. The molecule has 0 saturated carbocycles. The highest BCUT2D eigenvalue weighted by Crippen LogP contribution is 2.20. The van der Waals surface area contributed by atoms with Crippen LogP contribution in [0.1, 0.15) is 17.4 Å². The van der Waals surface area contributed by atoms with Crippen molar-refractivity contribution in [1.29, 1.82) is 0 Å². The number of halogens is 1. The number of imidazole rings is 1. The molecule has 3 rings (SSSR count). The first kappa shape index (κ1) is 20.0. The SMILES string of the molecule is Cl.OC[C@@H](O)[C@@H](O)[C@H](O)c1cnc(-c2ncn(Cc3ccccc3)n2)[nH]1. The van der Waals surface area contributed by atoms with Crippen LogP contribution in [-0.4, -0.2) is 64.0 Å². The lowest BCUT2D eigenvalue weighted by Crippen LogP contribution is -2.34. The van der Waals surface area contributed by atoms with Gasteiger partial charge >= 0.3 is 0 Å². The topological polar surface area (TPSA) is 140 Å². The van der Waals surface area contributed by atoms with Gasteiger partial charge < -0.3 is 25.4 Å². The van der Waals surface area contributed by atoms with Crippen molar-refractivity contribution in [3.63, 3.8) is 0 Å². The predicted molar refractivity (Wildman–Crippen MR) is 94.5 cm³/mol. The Morgan fingerprint density at radius 1 is 1.08 bits per heavy atom. The van der Waals surface area contributed by atoms with Crippen LogP contribution in [-0.2, 0) is 6.54 Å². The molecule has 0 unspecified atom stereocenters. The Kier molecular flexibility index (Phi) is 6.83. The van der Waals surface area contributed by atoms with Crippen molar-refractivity contribution in [3.8, 4) is 11.6 Å². The van der Waals surface area contributed by atoms with Gasteiger partial charge in [0.1, 0.15) is 24.6 Å². The van der Waals surface area contributed by atoms with E-state index in [4.69, 9.17) is 5.11 Å². The van der Waals surface area contributed by atoms with Crippen LogP contribution in [0.15, 0.2) is 42.9 Å². The van der Waals surface area contributed by atoms with Crippen molar-refractivity contribution in [1.82, 2.24) is 24.7 Å². The predicted octanol–water partition coefficient (Wildman–Crippen LogP) is -0.114. The molecule has 0 aliphatic carbocycles. The molecule has 3 aromatic rings. The van der Waals surface area contributed by atoms with Crippen LogP contribution in [0.25, 0.3) is 11.6 Å². The summed E-state index contributed by atoms with van der Waals surface area (Å²) in [4.78, 5) is 11.1. The Balaban J connectivity index is 0.00000243. The minimum Gasteiger partial charge on any atom is -0.394 e. The van der Waals surface area contributed by atoms with Crippen LogP contribution in [0.4, 0.5) is 0 Å². The quantitative estimate of drug-likeness (QED) is 0.384. The summed E-state index contributed by atoms with van der Waals surface area (Å²) in [6.07, 6.45) is -1.52. The monoisotopic (exact) mass is 381 g/mol. The van der Waals surface area contributed by atoms with Crippen LogP contribution in [0, 0.1) is 0 Å². The third kappa shape index (κ3) is 4.45. The minimum absolute atomic E-state index is 0. The number of aliphatic hydroxyl groups is 4. The van der Waals surface area contributed by atoms with Gasteiger partial charge in [0.15, 0.2) is 5.82 Å². The van der Waals surface area contributed by atoms with Crippen LogP contribution in [0.3, 0.4) is 0 Å². The Morgan fingerprint density at radius 3 is 2.50 bits per heavy atom. The van der Waals surface area contributed by atoms with E-state index in [9.17, 15) is 15.3 Å². The fourth-order valence-electron chi connectivity index (χ4n) is 2.35.